The van der Waals surface area contributed by atoms with Gasteiger partial charge in [0.05, 0.1) is 5.75 Å². The van der Waals surface area contributed by atoms with E-state index in [-0.39, 0.29) is 10.7 Å². The van der Waals surface area contributed by atoms with E-state index in [1.807, 2.05) is 0 Å². The Morgan fingerprint density at radius 3 is 3.00 bits per heavy atom. The Labute approximate surface area is 107 Å². The molecule has 0 aliphatic rings. The molecule has 0 spiro atoms. The van der Waals surface area contributed by atoms with Crippen LogP contribution in [-0.4, -0.2) is 36.2 Å². The number of amides is 1. The van der Waals surface area contributed by atoms with Crippen LogP contribution in [0.5, 0.6) is 0 Å². The SMILES string of the molecule is CC(C)(C)SCC(=O)Nc1nn2cnnc2s1. The molecule has 0 saturated carbocycles. The summed E-state index contributed by atoms with van der Waals surface area (Å²) in [7, 11) is 0. The second-order valence-corrected chi connectivity index (χ2v) is 7.17. The summed E-state index contributed by atoms with van der Waals surface area (Å²) in [5.74, 6) is 0.374. The van der Waals surface area contributed by atoms with Gasteiger partial charge < -0.3 is 0 Å². The molecule has 0 bridgehead atoms. The fourth-order valence-electron chi connectivity index (χ4n) is 1.05. The summed E-state index contributed by atoms with van der Waals surface area (Å²) >= 11 is 2.90. The van der Waals surface area contributed by atoms with Crippen LogP contribution in [0.1, 0.15) is 20.8 Å². The molecule has 17 heavy (non-hydrogen) atoms. The lowest BCUT2D eigenvalue weighted by Crippen LogP contribution is -2.18. The van der Waals surface area contributed by atoms with Crippen LogP contribution in [0.15, 0.2) is 6.33 Å². The van der Waals surface area contributed by atoms with Crippen LogP contribution >= 0.6 is 23.1 Å². The van der Waals surface area contributed by atoms with Gasteiger partial charge in [0.25, 0.3) is 0 Å². The highest BCUT2D eigenvalue weighted by molar-refractivity contribution is 8.01. The second kappa shape index (κ2) is 4.61. The van der Waals surface area contributed by atoms with E-state index in [2.05, 4.69) is 41.4 Å². The summed E-state index contributed by atoms with van der Waals surface area (Å²) < 4.78 is 1.62. The number of nitrogens with zero attached hydrogens (tertiary/aromatic N) is 4. The Morgan fingerprint density at radius 2 is 2.35 bits per heavy atom. The predicted molar refractivity (Wildman–Crippen MR) is 69.5 cm³/mol. The maximum Gasteiger partial charge on any atom is 0.236 e. The van der Waals surface area contributed by atoms with E-state index in [4.69, 9.17) is 0 Å². The first-order chi connectivity index (χ1) is 7.94. The molecular weight excluding hydrogens is 258 g/mol. The summed E-state index contributed by atoms with van der Waals surface area (Å²) in [6.07, 6.45) is 1.51. The summed E-state index contributed by atoms with van der Waals surface area (Å²) in [5.41, 5.74) is 0. The zero-order chi connectivity index (χ0) is 12.5. The molecular formula is C9H13N5OS2. The molecule has 2 rings (SSSR count). The number of hydrogen-bond acceptors (Lipinski definition) is 6. The topological polar surface area (TPSA) is 72.2 Å². The number of carbonyl (C=O) groups is 1. The van der Waals surface area contributed by atoms with Crippen LogP contribution in [0.4, 0.5) is 5.13 Å². The van der Waals surface area contributed by atoms with Crippen molar-refractivity contribution in [2.75, 3.05) is 11.1 Å². The number of hydrogen-bond donors (Lipinski definition) is 1. The summed E-state index contributed by atoms with van der Waals surface area (Å²) in [6.45, 7) is 6.23. The largest absolute Gasteiger partial charge is 0.300 e. The van der Waals surface area contributed by atoms with E-state index in [0.717, 1.165) is 0 Å². The van der Waals surface area contributed by atoms with Crippen LogP contribution in [0, 0.1) is 0 Å². The van der Waals surface area contributed by atoms with Gasteiger partial charge in [0.15, 0.2) is 0 Å². The third-order valence-corrected chi connectivity index (χ3v) is 3.87. The Hall–Kier alpha value is -1.15. The van der Waals surface area contributed by atoms with Gasteiger partial charge in [-0.05, 0) is 0 Å². The Kier molecular flexibility index (Phi) is 3.34. The van der Waals surface area contributed by atoms with Crippen LogP contribution in [0.2, 0.25) is 0 Å². The number of fused-ring (bicyclic) bond motifs is 1. The van der Waals surface area contributed by atoms with Crippen molar-refractivity contribution in [3.63, 3.8) is 0 Å². The molecule has 0 fully saturated rings. The number of carbonyl (C=O) groups excluding carboxylic acids is 1. The van der Waals surface area contributed by atoms with Gasteiger partial charge in [-0.25, -0.2) is 0 Å². The van der Waals surface area contributed by atoms with E-state index >= 15 is 0 Å². The fraction of sp³-hybridized carbons (Fsp3) is 0.556. The maximum atomic E-state index is 11.6. The number of anilines is 1. The first-order valence-corrected chi connectivity index (χ1v) is 6.85. The monoisotopic (exact) mass is 271 g/mol. The molecule has 0 saturated heterocycles. The van der Waals surface area contributed by atoms with Crippen molar-refractivity contribution >= 4 is 39.1 Å². The number of aromatic nitrogens is 4. The van der Waals surface area contributed by atoms with Crippen LogP contribution < -0.4 is 5.32 Å². The molecule has 0 aromatic carbocycles. The average molecular weight is 271 g/mol. The first kappa shape index (κ1) is 12.3. The lowest BCUT2D eigenvalue weighted by molar-refractivity contribution is -0.113. The van der Waals surface area contributed by atoms with Crippen molar-refractivity contribution in [1.29, 1.82) is 0 Å². The third kappa shape index (κ3) is 3.40. The molecule has 0 aliphatic heterocycles. The van der Waals surface area contributed by atoms with Crippen LogP contribution in [-0.2, 0) is 4.79 Å². The van der Waals surface area contributed by atoms with Gasteiger partial charge in [0.1, 0.15) is 6.33 Å². The Bertz CT molecular complexity index is 498. The number of thioether (sulfide) groups is 1. The molecule has 1 amide bonds. The van der Waals surface area contributed by atoms with Crippen LogP contribution in [0.3, 0.4) is 0 Å². The van der Waals surface area contributed by atoms with Crippen molar-refractivity contribution in [1.82, 2.24) is 19.8 Å². The molecule has 2 aromatic rings. The highest BCUT2D eigenvalue weighted by atomic mass is 32.2. The molecule has 2 heterocycles. The second-order valence-electron chi connectivity index (χ2n) is 4.41. The van der Waals surface area contributed by atoms with Crippen molar-refractivity contribution in [3.8, 4) is 0 Å². The smallest absolute Gasteiger partial charge is 0.236 e. The lowest BCUT2D eigenvalue weighted by atomic mass is 10.3. The van der Waals surface area contributed by atoms with Gasteiger partial charge in [0.2, 0.25) is 16.0 Å². The lowest BCUT2D eigenvalue weighted by Gasteiger charge is -2.16. The van der Waals surface area contributed by atoms with E-state index < -0.39 is 0 Å². The molecule has 0 unspecified atom stereocenters. The number of nitrogens with one attached hydrogen (secondary N) is 1. The van der Waals surface area contributed by atoms with Gasteiger partial charge in [-0.15, -0.1) is 27.1 Å². The van der Waals surface area contributed by atoms with Crippen molar-refractivity contribution in [2.24, 2.45) is 0 Å². The van der Waals surface area contributed by atoms with E-state index in [1.54, 1.807) is 11.8 Å². The molecule has 8 heteroatoms. The summed E-state index contributed by atoms with van der Waals surface area (Å²) in [5, 5.41) is 15.0. The van der Waals surface area contributed by atoms with E-state index in [9.17, 15) is 4.79 Å². The van der Waals surface area contributed by atoms with Gasteiger partial charge >= 0.3 is 0 Å². The van der Waals surface area contributed by atoms with Gasteiger partial charge in [-0.3, -0.25) is 10.1 Å². The van der Waals surface area contributed by atoms with Crippen LogP contribution in [0.25, 0.3) is 4.96 Å². The fourth-order valence-corrected chi connectivity index (χ4v) is 2.42. The third-order valence-electron chi connectivity index (χ3n) is 1.77. The molecule has 1 N–H and O–H groups in total. The normalized spacial score (nSPS) is 11.9. The zero-order valence-corrected chi connectivity index (χ0v) is 11.4. The molecule has 0 aliphatic carbocycles. The highest BCUT2D eigenvalue weighted by Crippen LogP contribution is 2.23. The molecule has 2 aromatic heterocycles. The van der Waals surface area contributed by atoms with E-state index in [1.165, 1.54) is 22.2 Å². The zero-order valence-electron chi connectivity index (χ0n) is 9.80. The quantitative estimate of drug-likeness (QED) is 0.919. The summed E-state index contributed by atoms with van der Waals surface area (Å²) in [6, 6.07) is 0. The number of rotatable bonds is 3. The Morgan fingerprint density at radius 1 is 1.59 bits per heavy atom. The Balaban J connectivity index is 1.92. The predicted octanol–water partition coefficient (Wildman–Crippen LogP) is 1.66. The average Bonchev–Trinajstić information content (AvgIpc) is 2.73. The summed E-state index contributed by atoms with van der Waals surface area (Å²) in [4.78, 5) is 12.3. The van der Waals surface area contributed by atoms with Gasteiger partial charge in [0, 0.05) is 4.75 Å². The highest BCUT2D eigenvalue weighted by Gasteiger charge is 2.14. The molecule has 0 atom stereocenters. The standard InChI is InChI=1S/C9H13N5OS2/c1-9(2,3)16-4-6(15)11-7-13-14-5-10-12-8(14)17-7/h5H,4H2,1-3H3,(H,11,13,15). The van der Waals surface area contributed by atoms with Crippen molar-refractivity contribution in [2.45, 2.75) is 25.5 Å². The van der Waals surface area contributed by atoms with Gasteiger partial charge in [-0.2, -0.15) is 4.52 Å². The molecule has 0 radical (unpaired) electrons. The first-order valence-electron chi connectivity index (χ1n) is 5.05. The van der Waals surface area contributed by atoms with Crippen molar-refractivity contribution < 1.29 is 4.79 Å². The minimum atomic E-state index is -0.0464. The molecule has 6 nitrogen and oxygen atoms in total. The van der Waals surface area contributed by atoms with Crippen molar-refractivity contribution in [3.05, 3.63) is 6.33 Å². The maximum absolute atomic E-state index is 11.6. The minimum Gasteiger partial charge on any atom is -0.300 e. The molecule has 92 valence electrons. The minimum absolute atomic E-state index is 0.0464. The van der Waals surface area contributed by atoms with Gasteiger partial charge in [-0.1, -0.05) is 32.1 Å². The van der Waals surface area contributed by atoms with E-state index in [0.29, 0.717) is 15.8 Å².